The first-order chi connectivity index (χ1) is 9.10. The molecule has 0 aromatic carbocycles. The predicted octanol–water partition coefficient (Wildman–Crippen LogP) is 0.179. The standard InChI is InChI=1S/C14H23NO4/c1-3-7-15(8-4-2)13(16)11-9-5-6-10(19-9)12(11)14(17)18/h9-12H,3-8H2,1-2H3,(H,17,18)/p-1. The molecule has 0 aromatic heterocycles. The van der Waals surface area contributed by atoms with E-state index in [-0.39, 0.29) is 18.1 Å². The van der Waals surface area contributed by atoms with Crippen LogP contribution in [0.5, 0.6) is 0 Å². The molecule has 2 rings (SSSR count). The Hall–Kier alpha value is -1.10. The summed E-state index contributed by atoms with van der Waals surface area (Å²) in [6.45, 7) is 5.40. The van der Waals surface area contributed by atoms with Crippen LogP contribution < -0.4 is 5.11 Å². The monoisotopic (exact) mass is 268 g/mol. The van der Waals surface area contributed by atoms with Gasteiger partial charge in [0.25, 0.3) is 0 Å². The van der Waals surface area contributed by atoms with Crippen LogP contribution in [0.25, 0.3) is 0 Å². The molecule has 2 saturated heterocycles. The second-order valence-electron chi connectivity index (χ2n) is 5.49. The number of amides is 1. The highest BCUT2D eigenvalue weighted by Crippen LogP contribution is 2.44. The fraction of sp³-hybridized carbons (Fsp3) is 0.857. The molecule has 19 heavy (non-hydrogen) atoms. The molecule has 0 N–H and O–H groups in total. The van der Waals surface area contributed by atoms with Gasteiger partial charge in [-0.2, -0.15) is 0 Å². The van der Waals surface area contributed by atoms with Crippen LogP contribution in [0.3, 0.4) is 0 Å². The van der Waals surface area contributed by atoms with Gasteiger partial charge >= 0.3 is 0 Å². The molecule has 2 bridgehead atoms. The highest BCUT2D eigenvalue weighted by Gasteiger charge is 2.53. The van der Waals surface area contributed by atoms with E-state index in [0.29, 0.717) is 13.1 Å². The largest absolute Gasteiger partial charge is 0.550 e. The second kappa shape index (κ2) is 5.90. The molecule has 0 aromatic rings. The number of nitrogens with zero attached hydrogens (tertiary/aromatic N) is 1. The number of aliphatic carboxylic acids is 1. The average Bonchev–Trinajstić information content (AvgIpc) is 2.97. The van der Waals surface area contributed by atoms with Crippen LogP contribution in [-0.4, -0.2) is 42.1 Å². The molecule has 2 aliphatic rings. The van der Waals surface area contributed by atoms with Crippen LogP contribution in [0, 0.1) is 11.8 Å². The summed E-state index contributed by atoms with van der Waals surface area (Å²) in [5, 5.41) is 11.3. The van der Waals surface area contributed by atoms with Gasteiger partial charge in [-0.15, -0.1) is 0 Å². The van der Waals surface area contributed by atoms with Crippen molar-refractivity contribution < 1.29 is 19.4 Å². The summed E-state index contributed by atoms with van der Waals surface area (Å²) < 4.78 is 5.62. The number of hydrogen-bond acceptors (Lipinski definition) is 4. The van der Waals surface area contributed by atoms with Crippen molar-refractivity contribution in [2.75, 3.05) is 13.1 Å². The molecule has 0 spiro atoms. The summed E-state index contributed by atoms with van der Waals surface area (Å²) >= 11 is 0. The maximum Gasteiger partial charge on any atom is 0.229 e. The van der Waals surface area contributed by atoms with E-state index in [2.05, 4.69) is 0 Å². The van der Waals surface area contributed by atoms with Crippen LogP contribution in [0.15, 0.2) is 0 Å². The normalized spacial score (nSPS) is 32.5. The van der Waals surface area contributed by atoms with Crippen molar-refractivity contribution in [3.63, 3.8) is 0 Å². The van der Waals surface area contributed by atoms with Crippen LogP contribution in [0.2, 0.25) is 0 Å². The molecule has 2 fully saturated rings. The summed E-state index contributed by atoms with van der Waals surface area (Å²) in [4.78, 5) is 25.7. The van der Waals surface area contributed by atoms with E-state index in [0.717, 1.165) is 25.7 Å². The SMILES string of the molecule is CCCN(CCC)C(=O)C1C2CCC(O2)C1C(=O)[O-]. The lowest BCUT2D eigenvalue weighted by Gasteiger charge is -2.32. The third-order valence-corrected chi connectivity index (χ3v) is 4.13. The molecule has 0 aliphatic carbocycles. The maximum atomic E-state index is 12.6. The van der Waals surface area contributed by atoms with E-state index in [9.17, 15) is 14.7 Å². The van der Waals surface area contributed by atoms with Crippen molar-refractivity contribution in [3.8, 4) is 0 Å². The fourth-order valence-corrected chi connectivity index (χ4v) is 3.37. The summed E-state index contributed by atoms with van der Waals surface area (Å²) in [5.74, 6) is -2.51. The molecule has 5 nitrogen and oxygen atoms in total. The molecular formula is C14H22NO4-. The van der Waals surface area contributed by atoms with Gasteiger partial charge in [-0.3, -0.25) is 4.79 Å². The molecule has 4 atom stereocenters. The molecule has 0 saturated carbocycles. The highest BCUT2D eigenvalue weighted by molar-refractivity contribution is 5.86. The number of hydrogen-bond donors (Lipinski definition) is 0. The van der Waals surface area contributed by atoms with E-state index < -0.39 is 17.8 Å². The van der Waals surface area contributed by atoms with Gasteiger partial charge < -0.3 is 19.5 Å². The number of carbonyl (C=O) groups is 2. The summed E-state index contributed by atoms with van der Waals surface area (Å²) in [6, 6.07) is 0. The third kappa shape index (κ3) is 2.61. The first-order valence-electron chi connectivity index (χ1n) is 7.25. The Kier molecular flexibility index (Phi) is 4.45. The summed E-state index contributed by atoms with van der Waals surface area (Å²) in [5.41, 5.74) is 0. The lowest BCUT2D eigenvalue weighted by molar-refractivity contribution is -0.314. The van der Waals surface area contributed by atoms with Crippen molar-refractivity contribution in [1.29, 1.82) is 0 Å². The van der Waals surface area contributed by atoms with Crippen LogP contribution >= 0.6 is 0 Å². The van der Waals surface area contributed by atoms with Gasteiger partial charge in [-0.25, -0.2) is 0 Å². The van der Waals surface area contributed by atoms with Gasteiger partial charge in [0, 0.05) is 25.0 Å². The Morgan fingerprint density at radius 3 is 2.11 bits per heavy atom. The number of carbonyl (C=O) groups excluding carboxylic acids is 2. The Bertz CT molecular complexity index is 351. The number of carboxylic acids is 1. The lowest BCUT2D eigenvalue weighted by atomic mass is 9.78. The molecule has 1 amide bonds. The van der Waals surface area contributed by atoms with Gasteiger partial charge in [0.2, 0.25) is 5.91 Å². The van der Waals surface area contributed by atoms with Crippen molar-refractivity contribution in [1.82, 2.24) is 4.90 Å². The van der Waals surface area contributed by atoms with E-state index in [1.165, 1.54) is 0 Å². The van der Waals surface area contributed by atoms with E-state index in [1.54, 1.807) is 4.90 Å². The zero-order valence-electron chi connectivity index (χ0n) is 11.6. The average molecular weight is 268 g/mol. The van der Waals surface area contributed by atoms with Crippen LogP contribution in [-0.2, 0) is 14.3 Å². The van der Waals surface area contributed by atoms with Gasteiger partial charge in [0.1, 0.15) is 0 Å². The first-order valence-corrected chi connectivity index (χ1v) is 7.25. The molecular weight excluding hydrogens is 246 g/mol. The van der Waals surface area contributed by atoms with Crippen molar-refractivity contribution in [2.45, 2.75) is 51.7 Å². The number of ether oxygens (including phenoxy) is 1. The quantitative estimate of drug-likeness (QED) is 0.689. The summed E-state index contributed by atoms with van der Waals surface area (Å²) in [7, 11) is 0. The Morgan fingerprint density at radius 1 is 1.11 bits per heavy atom. The zero-order valence-corrected chi connectivity index (χ0v) is 11.6. The van der Waals surface area contributed by atoms with Crippen LogP contribution in [0.4, 0.5) is 0 Å². The molecule has 108 valence electrons. The van der Waals surface area contributed by atoms with Gasteiger partial charge in [0.15, 0.2) is 0 Å². The summed E-state index contributed by atoms with van der Waals surface area (Å²) in [6.07, 6.45) is 2.73. The Labute approximate surface area is 113 Å². The van der Waals surface area contributed by atoms with E-state index in [4.69, 9.17) is 4.74 Å². The first kappa shape index (κ1) is 14.3. The van der Waals surface area contributed by atoms with Gasteiger partial charge in [-0.05, 0) is 25.7 Å². The van der Waals surface area contributed by atoms with E-state index >= 15 is 0 Å². The van der Waals surface area contributed by atoms with Crippen LogP contribution in [0.1, 0.15) is 39.5 Å². The molecule has 0 radical (unpaired) electrons. The smallest absolute Gasteiger partial charge is 0.229 e. The minimum atomic E-state index is -1.14. The third-order valence-electron chi connectivity index (χ3n) is 4.13. The Balaban J connectivity index is 2.13. The van der Waals surface area contributed by atoms with Gasteiger partial charge in [0.05, 0.1) is 18.1 Å². The number of carboxylic acid groups (broad SMARTS) is 1. The number of rotatable bonds is 6. The van der Waals surface area contributed by atoms with Crippen molar-refractivity contribution >= 4 is 11.9 Å². The molecule has 4 unspecified atom stereocenters. The maximum absolute atomic E-state index is 12.6. The highest BCUT2D eigenvalue weighted by atomic mass is 16.5. The van der Waals surface area contributed by atoms with Crippen molar-refractivity contribution in [3.05, 3.63) is 0 Å². The molecule has 2 aliphatic heterocycles. The molecule has 5 heteroatoms. The fourth-order valence-electron chi connectivity index (χ4n) is 3.37. The molecule has 2 heterocycles. The van der Waals surface area contributed by atoms with Gasteiger partial charge in [-0.1, -0.05) is 13.8 Å². The predicted molar refractivity (Wildman–Crippen MR) is 67.0 cm³/mol. The van der Waals surface area contributed by atoms with E-state index in [1.807, 2.05) is 13.8 Å². The van der Waals surface area contributed by atoms with Crippen molar-refractivity contribution in [2.24, 2.45) is 11.8 Å². The topological polar surface area (TPSA) is 69.7 Å². The minimum Gasteiger partial charge on any atom is -0.550 e. The Morgan fingerprint density at radius 2 is 1.63 bits per heavy atom. The zero-order chi connectivity index (χ0) is 14.0. The lowest BCUT2D eigenvalue weighted by Crippen LogP contribution is -2.49. The minimum absolute atomic E-state index is 0.0647. The second-order valence-corrected chi connectivity index (χ2v) is 5.49. The number of fused-ring (bicyclic) bond motifs is 2.